The molecule has 0 radical (unpaired) electrons. The highest BCUT2D eigenvalue weighted by molar-refractivity contribution is 7.89. The van der Waals surface area contributed by atoms with E-state index in [2.05, 4.69) is 11.9 Å². The standard InChI is InChI=1S/C31H35N3O7S/c1-3-17-32-31(36)30(25-7-5-4-6-8-25)34(22-24-9-11-26(39-2)12-10-24)29(35)23-41-27-13-15-28(16-14-27)42(37,38)33-18-20-40-21-19-33/h3-16,30H,1,17-23H2,2H3,(H,32,36)/t30-/m0/s1. The smallest absolute Gasteiger partial charge is 0.261 e. The molecule has 1 heterocycles. The van der Waals surface area contributed by atoms with Crippen LogP contribution in [0.1, 0.15) is 17.2 Å². The fourth-order valence-electron chi connectivity index (χ4n) is 4.50. The minimum absolute atomic E-state index is 0.129. The highest BCUT2D eigenvalue weighted by atomic mass is 32.2. The molecule has 1 saturated heterocycles. The minimum Gasteiger partial charge on any atom is -0.497 e. The zero-order valence-electron chi connectivity index (χ0n) is 23.5. The maximum absolute atomic E-state index is 13.7. The van der Waals surface area contributed by atoms with Crippen molar-refractivity contribution < 1.29 is 32.2 Å². The molecule has 1 atom stereocenters. The molecule has 0 saturated carbocycles. The van der Waals surface area contributed by atoms with Gasteiger partial charge in [-0.3, -0.25) is 9.59 Å². The number of benzene rings is 3. The van der Waals surface area contributed by atoms with Gasteiger partial charge in [0.05, 0.1) is 25.2 Å². The number of carbonyl (C=O) groups is 2. The molecule has 10 nitrogen and oxygen atoms in total. The summed E-state index contributed by atoms with van der Waals surface area (Å²) in [6.45, 7) is 4.96. The highest BCUT2D eigenvalue weighted by Gasteiger charge is 2.32. The quantitative estimate of drug-likeness (QED) is 0.303. The Morgan fingerprint density at radius 2 is 1.64 bits per heavy atom. The van der Waals surface area contributed by atoms with Crippen molar-refractivity contribution >= 4 is 21.8 Å². The monoisotopic (exact) mass is 593 g/mol. The molecule has 0 aromatic heterocycles. The predicted octanol–water partition coefficient (Wildman–Crippen LogP) is 3.17. The Hall–Kier alpha value is -4.19. The number of rotatable bonds is 13. The van der Waals surface area contributed by atoms with Crippen LogP contribution in [0, 0.1) is 0 Å². The molecular weight excluding hydrogens is 558 g/mol. The van der Waals surface area contributed by atoms with Crippen molar-refractivity contribution in [3.05, 3.63) is 103 Å². The van der Waals surface area contributed by atoms with Crippen LogP contribution in [0.2, 0.25) is 0 Å². The summed E-state index contributed by atoms with van der Waals surface area (Å²) >= 11 is 0. The molecule has 0 aliphatic carbocycles. The van der Waals surface area contributed by atoms with Gasteiger partial charge in [-0.15, -0.1) is 6.58 Å². The molecule has 1 fully saturated rings. The van der Waals surface area contributed by atoms with E-state index in [-0.39, 0.29) is 30.5 Å². The summed E-state index contributed by atoms with van der Waals surface area (Å²) in [7, 11) is -2.09. The van der Waals surface area contributed by atoms with Crippen LogP contribution in [0.4, 0.5) is 0 Å². The molecule has 42 heavy (non-hydrogen) atoms. The van der Waals surface area contributed by atoms with Crippen LogP contribution in [-0.2, 0) is 30.9 Å². The summed E-state index contributed by atoms with van der Waals surface area (Å²) in [5, 5.41) is 2.81. The van der Waals surface area contributed by atoms with Crippen molar-refractivity contribution in [3.63, 3.8) is 0 Å². The van der Waals surface area contributed by atoms with Crippen molar-refractivity contribution in [2.24, 2.45) is 0 Å². The molecule has 1 aliphatic rings. The van der Waals surface area contributed by atoms with Gasteiger partial charge < -0.3 is 24.4 Å². The molecule has 1 N–H and O–H groups in total. The van der Waals surface area contributed by atoms with E-state index in [1.165, 1.54) is 33.5 Å². The first kappa shape index (κ1) is 30.8. The van der Waals surface area contributed by atoms with E-state index in [1.807, 2.05) is 30.3 Å². The van der Waals surface area contributed by atoms with E-state index in [0.717, 1.165) is 5.56 Å². The summed E-state index contributed by atoms with van der Waals surface area (Å²) in [5.41, 5.74) is 1.43. The van der Waals surface area contributed by atoms with Gasteiger partial charge in [-0.25, -0.2) is 8.42 Å². The van der Waals surface area contributed by atoms with Gasteiger partial charge in [0.1, 0.15) is 17.5 Å². The number of carbonyl (C=O) groups excluding carboxylic acids is 2. The van der Waals surface area contributed by atoms with Gasteiger partial charge in [-0.1, -0.05) is 48.5 Å². The summed E-state index contributed by atoms with van der Waals surface area (Å²) in [4.78, 5) is 28.7. The van der Waals surface area contributed by atoms with E-state index in [9.17, 15) is 18.0 Å². The van der Waals surface area contributed by atoms with E-state index in [0.29, 0.717) is 43.4 Å². The Bertz CT molecular complexity index is 1440. The van der Waals surface area contributed by atoms with Crippen LogP contribution >= 0.6 is 0 Å². The number of methoxy groups -OCH3 is 1. The summed E-state index contributed by atoms with van der Waals surface area (Å²) in [5.74, 6) is 0.197. The molecule has 0 bridgehead atoms. The Balaban J connectivity index is 1.55. The largest absolute Gasteiger partial charge is 0.497 e. The maximum Gasteiger partial charge on any atom is 0.261 e. The second-order valence-corrected chi connectivity index (χ2v) is 11.4. The molecule has 11 heteroatoms. The average Bonchev–Trinajstić information content (AvgIpc) is 3.03. The Morgan fingerprint density at radius 3 is 2.26 bits per heavy atom. The number of hydrogen-bond donors (Lipinski definition) is 1. The first-order valence-corrected chi connectivity index (χ1v) is 14.9. The fourth-order valence-corrected chi connectivity index (χ4v) is 5.91. The highest BCUT2D eigenvalue weighted by Crippen LogP contribution is 2.26. The van der Waals surface area contributed by atoms with Gasteiger partial charge in [0.25, 0.3) is 5.91 Å². The van der Waals surface area contributed by atoms with Crippen LogP contribution in [0.3, 0.4) is 0 Å². The zero-order valence-corrected chi connectivity index (χ0v) is 24.3. The molecule has 222 valence electrons. The Labute approximate surface area is 246 Å². The van der Waals surface area contributed by atoms with Crippen LogP contribution in [0.5, 0.6) is 11.5 Å². The second kappa shape index (κ2) is 14.6. The lowest BCUT2D eigenvalue weighted by atomic mass is 10.0. The van der Waals surface area contributed by atoms with E-state index < -0.39 is 22.0 Å². The summed E-state index contributed by atoms with van der Waals surface area (Å²) in [6.07, 6.45) is 1.57. The number of hydrogen-bond acceptors (Lipinski definition) is 7. The minimum atomic E-state index is -3.66. The Morgan fingerprint density at radius 1 is 1.00 bits per heavy atom. The first-order chi connectivity index (χ1) is 20.3. The molecular formula is C31H35N3O7S. The fraction of sp³-hybridized carbons (Fsp3) is 0.290. The van der Waals surface area contributed by atoms with Gasteiger partial charge in [0.2, 0.25) is 15.9 Å². The van der Waals surface area contributed by atoms with Gasteiger partial charge >= 0.3 is 0 Å². The van der Waals surface area contributed by atoms with Gasteiger partial charge in [-0.05, 0) is 47.5 Å². The molecule has 3 aromatic rings. The third-order valence-electron chi connectivity index (χ3n) is 6.72. The van der Waals surface area contributed by atoms with E-state index in [4.69, 9.17) is 14.2 Å². The number of amides is 2. The van der Waals surface area contributed by atoms with E-state index >= 15 is 0 Å². The van der Waals surface area contributed by atoms with Crippen LogP contribution in [-0.4, -0.2) is 76.0 Å². The lowest BCUT2D eigenvalue weighted by Crippen LogP contribution is -2.45. The third-order valence-corrected chi connectivity index (χ3v) is 8.64. The predicted molar refractivity (Wildman–Crippen MR) is 157 cm³/mol. The first-order valence-electron chi connectivity index (χ1n) is 13.5. The number of nitrogens with zero attached hydrogens (tertiary/aromatic N) is 2. The van der Waals surface area contributed by atoms with Gasteiger partial charge in [-0.2, -0.15) is 4.31 Å². The molecule has 3 aromatic carbocycles. The number of nitrogens with one attached hydrogen (secondary N) is 1. The molecule has 0 unspecified atom stereocenters. The topological polar surface area (TPSA) is 114 Å². The van der Waals surface area contributed by atoms with Gasteiger partial charge in [0, 0.05) is 26.2 Å². The lowest BCUT2D eigenvalue weighted by molar-refractivity contribution is -0.143. The van der Waals surface area contributed by atoms with Crippen molar-refractivity contribution in [1.29, 1.82) is 0 Å². The lowest BCUT2D eigenvalue weighted by Gasteiger charge is -2.31. The third kappa shape index (κ3) is 7.75. The van der Waals surface area contributed by atoms with Crippen molar-refractivity contribution in [2.45, 2.75) is 17.5 Å². The van der Waals surface area contributed by atoms with Crippen molar-refractivity contribution in [3.8, 4) is 11.5 Å². The van der Waals surface area contributed by atoms with Crippen molar-refractivity contribution in [1.82, 2.24) is 14.5 Å². The normalized spacial score (nSPS) is 14.4. The molecule has 0 spiro atoms. The maximum atomic E-state index is 13.7. The number of morpholine rings is 1. The molecule has 1 aliphatic heterocycles. The van der Waals surface area contributed by atoms with Crippen LogP contribution in [0.25, 0.3) is 0 Å². The number of ether oxygens (including phenoxy) is 3. The van der Waals surface area contributed by atoms with E-state index in [1.54, 1.807) is 37.5 Å². The number of sulfonamides is 1. The average molecular weight is 594 g/mol. The van der Waals surface area contributed by atoms with Crippen LogP contribution in [0.15, 0.2) is 96.4 Å². The second-order valence-electron chi connectivity index (χ2n) is 9.49. The molecule has 2 amide bonds. The van der Waals surface area contributed by atoms with Crippen molar-refractivity contribution in [2.75, 3.05) is 46.6 Å². The van der Waals surface area contributed by atoms with Crippen LogP contribution < -0.4 is 14.8 Å². The summed E-state index contributed by atoms with van der Waals surface area (Å²) < 4.78 is 43.6. The van der Waals surface area contributed by atoms with Gasteiger partial charge in [0.15, 0.2) is 6.61 Å². The zero-order chi connectivity index (χ0) is 30.0. The Kier molecular flexibility index (Phi) is 10.7. The SMILES string of the molecule is C=CCNC(=O)[C@H](c1ccccc1)N(Cc1ccc(OC)cc1)C(=O)COc1ccc(S(=O)(=O)N2CCOCC2)cc1. The molecule has 4 rings (SSSR count). The summed E-state index contributed by atoms with van der Waals surface area (Å²) in [6, 6.07) is 21.3.